The molecule has 0 aromatic heterocycles. The van der Waals surface area contributed by atoms with Gasteiger partial charge in [0.1, 0.15) is 0 Å². The van der Waals surface area contributed by atoms with Crippen LogP contribution in [0.25, 0.3) is 0 Å². The van der Waals surface area contributed by atoms with Crippen molar-refractivity contribution in [3.8, 4) is 0 Å². The van der Waals surface area contributed by atoms with E-state index in [0.29, 0.717) is 0 Å². The number of carbonyl (C=O) groups is 1. The zero-order valence-corrected chi connectivity index (χ0v) is 8.07. The van der Waals surface area contributed by atoms with Gasteiger partial charge in [0.25, 0.3) is 0 Å². The second-order valence-electron chi connectivity index (χ2n) is 4.42. The van der Waals surface area contributed by atoms with E-state index in [4.69, 9.17) is 0 Å². The highest BCUT2D eigenvalue weighted by molar-refractivity contribution is 5.83. The summed E-state index contributed by atoms with van der Waals surface area (Å²) in [5.41, 5.74) is -0.0619. The van der Waals surface area contributed by atoms with E-state index in [1.807, 2.05) is 0 Å². The maximum absolute atomic E-state index is 11.8. The Balaban J connectivity index is 2.11. The number of nitrogens with one attached hydrogen (secondary N) is 2. The first-order valence-corrected chi connectivity index (χ1v) is 5.18. The van der Waals surface area contributed by atoms with Gasteiger partial charge in [-0.15, -0.1) is 0 Å². The summed E-state index contributed by atoms with van der Waals surface area (Å²) >= 11 is 0. The summed E-state index contributed by atoms with van der Waals surface area (Å²) in [6, 6.07) is 0. The van der Waals surface area contributed by atoms with Crippen molar-refractivity contribution < 1.29 is 9.69 Å². The molecule has 2 atom stereocenters. The number of quaternary nitrogens is 1. The Kier molecular flexibility index (Phi) is 2.28. The Morgan fingerprint density at radius 2 is 2.15 bits per heavy atom. The Labute approximate surface area is 79.5 Å². The summed E-state index contributed by atoms with van der Waals surface area (Å²) in [7, 11) is 4.02. The molecule has 2 rings (SSSR count). The van der Waals surface area contributed by atoms with Crippen LogP contribution in [0.4, 0.5) is 0 Å². The molecule has 3 heteroatoms. The molecule has 13 heavy (non-hydrogen) atoms. The Bertz CT molecular complexity index is 213. The van der Waals surface area contributed by atoms with Crippen molar-refractivity contribution in [1.82, 2.24) is 5.32 Å². The number of rotatable bonds is 0. The van der Waals surface area contributed by atoms with Crippen molar-refractivity contribution in [2.24, 2.45) is 5.41 Å². The lowest BCUT2D eigenvalue weighted by molar-refractivity contribution is -0.866. The average Bonchev–Trinajstić information content (AvgIpc) is 2.11. The number of amides is 1. The van der Waals surface area contributed by atoms with Gasteiger partial charge in [-0.1, -0.05) is 0 Å². The number of hydrogen-bond donors (Lipinski definition) is 2. The third kappa shape index (κ3) is 1.57. The lowest BCUT2D eigenvalue weighted by Crippen LogP contribution is -3.10. The standard InChI is InChI=1S/C10H18N2O/c1-12-7-3-5-10(8-12)4-2-6-11-9(10)13/h12H,1-8H2,(H,11,13). The van der Waals surface area contributed by atoms with Gasteiger partial charge in [0.2, 0.25) is 5.91 Å². The first-order valence-electron chi connectivity index (χ1n) is 5.18. The molecule has 0 bridgehead atoms. The van der Waals surface area contributed by atoms with Crippen LogP contribution >= 0.6 is 0 Å². The van der Waals surface area contributed by atoms with E-state index in [1.165, 1.54) is 4.90 Å². The molecular formula is C10H18N2O. The van der Waals surface area contributed by atoms with Crippen molar-refractivity contribution in [3.63, 3.8) is 0 Å². The fraction of sp³-hybridized carbons (Fsp3) is 0.800. The first kappa shape index (κ1) is 9.00. The van der Waals surface area contributed by atoms with Crippen molar-refractivity contribution >= 4 is 5.91 Å². The summed E-state index contributed by atoms with van der Waals surface area (Å²) in [6.45, 7) is 2.92. The van der Waals surface area contributed by atoms with Gasteiger partial charge < -0.3 is 10.2 Å². The van der Waals surface area contributed by atoms with Crippen LogP contribution in [0, 0.1) is 12.5 Å². The normalized spacial score (nSPS) is 40.4. The summed E-state index contributed by atoms with van der Waals surface area (Å²) in [5.74, 6) is 0.277. The van der Waals surface area contributed by atoms with Gasteiger partial charge in [0, 0.05) is 6.54 Å². The summed E-state index contributed by atoms with van der Waals surface area (Å²) in [6.07, 6.45) is 4.42. The highest BCUT2D eigenvalue weighted by Gasteiger charge is 2.43. The number of piperidine rings is 2. The van der Waals surface area contributed by atoms with Gasteiger partial charge >= 0.3 is 0 Å². The van der Waals surface area contributed by atoms with Gasteiger partial charge in [-0.25, -0.2) is 0 Å². The highest BCUT2D eigenvalue weighted by atomic mass is 16.2. The van der Waals surface area contributed by atoms with E-state index in [0.717, 1.165) is 45.3 Å². The lowest BCUT2D eigenvalue weighted by Gasteiger charge is -2.42. The SMILES string of the molecule is [CH2-][NH+]1CCCC2(CCCNC2=O)C1. The molecule has 2 unspecified atom stereocenters. The van der Waals surface area contributed by atoms with Crippen molar-refractivity contribution in [2.75, 3.05) is 19.6 Å². The number of carbonyl (C=O) groups excluding carboxylic acids is 1. The van der Waals surface area contributed by atoms with Crippen molar-refractivity contribution in [3.05, 3.63) is 7.05 Å². The summed E-state index contributed by atoms with van der Waals surface area (Å²) < 4.78 is 0. The second kappa shape index (κ2) is 3.29. The van der Waals surface area contributed by atoms with E-state index in [2.05, 4.69) is 12.4 Å². The lowest BCUT2D eigenvalue weighted by atomic mass is 9.74. The third-order valence-corrected chi connectivity index (χ3v) is 3.37. The third-order valence-electron chi connectivity index (χ3n) is 3.37. The van der Waals surface area contributed by atoms with Crippen LogP contribution in [0.2, 0.25) is 0 Å². The molecule has 0 saturated carbocycles. The number of hydrogen-bond acceptors (Lipinski definition) is 1. The van der Waals surface area contributed by atoms with Crippen molar-refractivity contribution in [2.45, 2.75) is 25.7 Å². The molecule has 1 amide bonds. The molecular weight excluding hydrogens is 164 g/mol. The molecule has 0 aliphatic carbocycles. The molecule has 3 nitrogen and oxygen atoms in total. The maximum Gasteiger partial charge on any atom is 0.231 e. The van der Waals surface area contributed by atoms with Gasteiger partial charge in [-0.2, -0.15) is 7.05 Å². The monoisotopic (exact) mass is 182 g/mol. The molecule has 74 valence electrons. The molecule has 2 heterocycles. The average molecular weight is 182 g/mol. The van der Waals surface area contributed by atoms with E-state index in [-0.39, 0.29) is 11.3 Å². The van der Waals surface area contributed by atoms with E-state index >= 15 is 0 Å². The van der Waals surface area contributed by atoms with Crippen LogP contribution in [0.1, 0.15) is 25.7 Å². The predicted octanol–water partition coefficient (Wildman–Crippen LogP) is -0.647. The van der Waals surface area contributed by atoms with E-state index in [1.54, 1.807) is 0 Å². The first-order chi connectivity index (χ1) is 6.23. The smallest absolute Gasteiger partial charge is 0.231 e. The minimum absolute atomic E-state index is 0.0619. The minimum atomic E-state index is -0.0619. The zero-order valence-electron chi connectivity index (χ0n) is 8.07. The molecule has 0 aromatic rings. The van der Waals surface area contributed by atoms with Gasteiger partial charge in [0.15, 0.2) is 0 Å². The zero-order chi connectivity index (χ0) is 9.31. The fourth-order valence-electron chi connectivity index (χ4n) is 2.67. The second-order valence-corrected chi connectivity index (χ2v) is 4.42. The predicted molar refractivity (Wildman–Crippen MR) is 50.0 cm³/mol. The fourth-order valence-corrected chi connectivity index (χ4v) is 2.67. The molecule has 2 aliphatic rings. The van der Waals surface area contributed by atoms with Crippen molar-refractivity contribution in [1.29, 1.82) is 0 Å². The van der Waals surface area contributed by atoms with Crippen LogP contribution in [0.3, 0.4) is 0 Å². The molecule has 2 aliphatic heterocycles. The van der Waals surface area contributed by atoms with Crippen LogP contribution in [-0.2, 0) is 4.79 Å². The highest BCUT2D eigenvalue weighted by Crippen LogP contribution is 2.32. The van der Waals surface area contributed by atoms with E-state index in [9.17, 15) is 4.79 Å². The summed E-state index contributed by atoms with van der Waals surface area (Å²) in [4.78, 5) is 13.0. The molecule has 0 aromatic carbocycles. The largest absolute Gasteiger partial charge is 0.467 e. The maximum atomic E-state index is 11.8. The van der Waals surface area contributed by atoms with Crippen LogP contribution in [0.5, 0.6) is 0 Å². The topological polar surface area (TPSA) is 33.5 Å². The Morgan fingerprint density at radius 1 is 1.38 bits per heavy atom. The molecule has 2 fully saturated rings. The van der Waals surface area contributed by atoms with Crippen LogP contribution in [0.15, 0.2) is 0 Å². The summed E-state index contributed by atoms with van der Waals surface area (Å²) in [5, 5.41) is 2.98. The van der Waals surface area contributed by atoms with Crippen LogP contribution in [-0.4, -0.2) is 25.5 Å². The van der Waals surface area contributed by atoms with Gasteiger partial charge in [-0.05, 0) is 25.7 Å². The Hall–Kier alpha value is -0.570. The molecule has 2 N–H and O–H groups in total. The van der Waals surface area contributed by atoms with Gasteiger partial charge in [-0.3, -0.25) is 4.79 Å². The molecule has 0 radical (unpaired) electrons. The van der Waals surface area contributed by atoms with Crippen LogP contribution < -0.4 is 10.2 Å². The van der Waals surface area contributed by atoms with Gasteiger partial charge in [0.05, 0.1) is 18.5 Å². The van der Waals surface area contributed by atoms with E-state index < -0.39 is 0 Å². The molecule has 2 saturated heterocycles. The molecule has 1 spiro atoms. The minimum Gasteiger partial charge on any atom is -0.467 e. The number of likely N-dealkylation sites (tertiary alicyclic amines) is 1. The Morgan fingerprint density at radius 3 is 2.85 bits per heavy atom. The quantitative estimate of drug-likeness (QED) is 0.480.